The third-order valence-corrected chi connectivity index (χ3v) is 9.30. The van der Waals surface area contributed by atoms with Gasteiger partial charge in [-0.15, -0.1) is 0 Å². The molecule has 0 fully saturated rings. The van der Waals surface area contributed by atoms with Crippen LogP contribution in [0.1, 0.15) is 127 Å². The summed E-state index contributed by atoms with van der Waals surface area (Å²) in [4.78, 5) is 48.5. The van der Waals surface area contributed by atoms with E-state index in [1.165, 1.54) is 0 Å². The van der Waals surface area contributed by atoms with Gasteiger partial charge in [-0.1, -0.05) is 33.1 Å². The van der Waals surface area contributed by atoms with Crippen LogP contribution in [0, 0.1) is 0 Å². The number of carbonyl (C=O) groups is 4. The number of unbranched alkanes of at least 4 members (excludes halogenated alkanes) is 6. The molecule has 1 rings (SSSR count). The molecule has 0 aromatic heterocycles. The van der Waals surface area contributed by atoms with Crippen LogP contribution in [0.25, 0.3) is 0 Å². The van der Waals surface area contributed by atoms with Gasteiger partial charge in [0, 0.05) is 63.5 Å². The molecule has 2 N–H and O–H groups in total. The van der Waals surface area contributed by atoms with Gasteiger partial charge in [-0.2, -0.15) is 0 Å². The van der Waals surface area contributed by atoms with Crippen molar-refractivity contribution in [1.29, 1.82) is 0 Å². The summed E-state index contributed by atoms with van der Waals surface area (Å²) < 4.78 is 55.9. The van der Waals surface area contributed by atoms with Crippen molar-refractivity contribution < 1.29 is 71.7 Å². The summed E-state index contributed by atoms with van der Waals surface area (Å²) in [5.74, 6) is 0.0689. The summed E-state index contributed by atoms with van der Waals surface area (Å²) in [6.07, 6.45) is 10.5. The number of benzene rings is 1. The Bertz CT molecular complexity index is 1200. The van der Waals surface area contributed by atoms with Crippen molar-refractivity contribution in [2.75, 3.05) is 125 Å². The second-order valence-corrected chi connectivity index (χ2v) is 14.9. The minimum absolute atomic E-state index is 0.103. The molecule has 16 heteroatoms. The maximum atomic E-state index is 13.0. The highest BCUT2D eigenvalue weighted by molar-refractivity contribution is 5.95. The number of hydrogen-bond donors (Lipinski definition) is 2. The summed E-state index contributed by atoms with van der Waals surface area (Å²) in [6, 6.07) is 5.05. The van der Waals surface area contributed by atoms with Crippen LogP contribution in [-0.4, -0.2) is 154 Å². The van der Waals surface area contributed by atoms with Crippen LogP contribution < -0.4 is 14.8 Å². The van der Waals surface area contributed by atoms with Crippen molar-refractivity contribution in [2.24, 2.45) is 0 Å². The van der Waals surface area contributed by atoms with Crippen molar-refractivity contribution in [3.63, 3.8) is 0 Å². The Hall–Kier alpha value is -3.22. The molecule has 0 heterocycles. The number of ether oxygens (including phenoxy) is 10. The average Bonchev–Trinajstić information content (AvgIpc) is 3.27. The van der Waals surface area contributed by atoms with E-state index in [0.29, 0.717) is 200 Å². The van der Waals surface area contributed by atoms with E-state index >= 15 is 0 Å². The van der Waals surface area contributed by atoms with E-state index < -0.39 is 5.97 Å². The Labute approximate surface area is 377 Å². The Kier molecular flexibility index (Phi) is 40.4. The molecule has 0 aliphatic rings. The highest BCUT2D eigenvalue weighted by atomic mass is 16.6. The van der Waals surface area contributed by atoms with Crippen molar-refractivity contribution in [3.05, 3.63) is 23.8 Å². The maximum Gasteiger partial charge on any atom is 0.303 e. The van der Waals surface area contributed by atoms with Crippen LogP contribution in [0.4, 0.5) is 0 Å². The van der Waals surface area contributed by atoms with Gasteiger partial charge in [-0.3, -0.25) is 19.2 Å². The minimum atomic E-state index is -0.832. The third-order valence-electron chi connectivity index (χ3n) is 9.30. The molecule has 364 valence electrons. The standard InChI is InChI=1S/C47H81NO15/c1-3-5-20-54-26-30-58-34-36-60-32-28-56-24-17-42(49)14-9-12-22-62-44-38-41(47(53)48-19-11-7-8-16-46(51)52)39-45(40-44)63-23-13-10-15-43(50)18-25-57-29-33-61-37-35-59-31-27-55-21-6-4-2/h38-40H,3-37H2,1-2H3,(H,48,53)(H,51,52). The number of Topliss-reactive ketones (excluding diaryl/α,β-unsaturated/α-hetero) is 2. The van der Waals surface area contributed by atoms with Gasteiger partial charge in [0.15, 0.2) is 0 Å². The minimum Gasteiger partial charge on any atom is -0.493 e. The monoisotopic (exact) mass is 900 g/mol. The average molecular weight is 900 g/mol. The molecule has 1 aromatic rings. The van der Waals surface area contributed by atoms with Crippen molar-refractivity contribution in [1.82, 2.24) is 5.32 Å². The number of rotatable bonds is 49. The molecule has 63 heavy (non-hydrogen) atoms. The van der Waals surface area contributed by atoms with Crippen LogP contribution in [0.3, 0.4) is 0 Å². The Morgan fingerprint density at radius 3 is 1.19 bits per heavy atom. The number of amides is 1. The smallest absolute Gasteiger partial charge is 0.303 e. The molecule has 0 saturated heterocycles. The molecule has 0 aliphatic carbocycles. The molecule has 0 aliphatic heterocycles. The van der Waals surface area contributed by atoms with Crippen LogP contribution in [-0.2, 0) is 52.3 Å². The molecule has 0 saturated carbocycles. The summed E-state index contributed by atoms with van der Waals surface area (Å²) in [7, 11) is 0. The van der Waals surface area contributed by atoms with Crippen molar-refractivity contribution in [3.8, 4) is 11.5 Å². The van der Waals surface area contributed by atoms with E-state index in [1.54, 1.807) is 18.2 Å². The summed E-state index contributed by atoms with van der Waals surface area (Å²) in [5, 5.41) is 11.7. The normalized spacial score (nSPS) is 11.2. The zero-order chi connectivity index (χ0) is 45.7. The number of aliphatic carboxylic acids is 1. The molecule has 0 radical (unpaired) electrons. The second kappa shape index (κ2) is 44.0. The highest BCUT2D eigenvalue weighted by Gasteiger charge is 2.12. The first kappa shape index (κ1) is 57.8. The number of carboxylic acids is 1. The zero-order valence-electron chi connectivity index (χ0n) is 38.6. The lowest BCUT2D eigenvalue weighted by Gasteiger charge is -2.13. The highest BCUT2D eigenvalue weighted by Crippen LogP contribution is 2.24. The Morgan fingerprint density at radius 1 is 0.413 bits per heavy atom. The predicted molar refractivity (Wildman–Crippen MR) is 239 cm³/mol. The fourth-order valence-electron chi connectivity index (χ4n) is 5.62. The molecule has 0 spiro atoms. The van der Waals surface area contributed by atoms with Crippen molar-refractivity contribution >= 4 is 23.4 Å². The lowest BCUT2D eigenvalue weighted by molar-refractivity contribution is -0.137. The molecule has 0 atom stereocenters. The Morgan fingerprint density at radius 2 is 0.794 bits per heavy atom. The lowest BCUT2D eigenvalue weighted by Crippen LogP contribution is -2.24. The van der Waals surface area contributed by atoms with E-state index in [-0.39, 0.29) is 23.9 Å². The van der Waals surface area contributed by atoms with Crippen molar-refractivity contribution in [2.45, 2.75) is 117 Å². The van der Waals surface area contributed by atoms with Gasteiger partial charge in [0.25, 0.3) is 5.91 Å². The van der Waals surface area contributed by atoms with Crippen LogP contribution in [0.15, 0.2) is 18.2 Å². The molecule has 16 nitrogen and oxygen atoms in total. The van der Waals surface area contributed by atoms with Gasteiger partial charge in [0.1, 0.15) is 23.1 Å². The fourth-order valence-corrected chi connectivity index (χ4v) is 5.62. The summed E-state index contributed by atoms with van der Waals surface area (Å²) >= 11 is 0. The molecule has 0 bridgehead atoms. The van der Waals surface area contributed by atoms with E-state index in [1.807, 2.05) is 0 Å². The molecule has 0 unspecified atom stereocenters. The Balaban J connectivity index is 2.31. The van der Waals surface area contributed by atoms with Gasteiger partial charge in [-0.05, 0) is 63.5 Å². The number of carbonyl (C=O) groups excluding carboxylic acids is 3. The van der Waals surface area contributed by atoms with Gasteiger partial charge < -0.3 is 57.8 Å². The number of nitrogens with one attached hydrogen (secondary N) is 1. The lowest BCUT2D eigenvalue weighted by atomic mass is 10.1. The maximum absolute atomic E-state index is 13.0. The number of hydrogen-bond acceptors (Lipinski definition) is 14. The second-order valence-electron chi connectivity index (χ2n) is 14.9. The first-order chi connectivity index (χ1) is 30.8. The third kappa shape index (κ3) is 38.9. The molecular weight excluding hydrogens is 819 g/mol. The van der Waals surface area contributed by atoms with Crippen LogP contribution >= 0.6 is 0 Å². The summed E-state index contributed by atoms with van der Waals surface area (Å²) in [5.41, 5.74) is 0.377. The number of ketones is 2. The first-order valence-corrected chi connectivity index (χ1v) is 23.4. The topological polar surface area (TPSA) is 193 Å². The van der Waals surface area contributed by atoms with Gasteiger partial charge in [0.05, 0.1) is 106 Å². The quantitative estimate of drug-likeness (QED) is 0.0648. The van der Waals surface area contributed by atoms with E-state index in [2.05, 4.69) is 19.2 Å². The fraction of sp³-hybridized carbons (Fsp3) is 0.787. The predicted octanol–water partition coefficient (Wildman–Crippen LogP) is 6.81. The van der Waals surface area contributed by atoms with E-state index in [9.17, 15) is 19.2 Å². The number of carboxylic acid groups (broad SMARTS) is 1. The van der Waals surface area contributed by atoms with E-state index in [4.69, 9.17) is 52.5 Å². The van der Waals surface area contributed by atoms with Crippen LogP contribution in [0.2, 0.25) is 0 Å². The SMILES string of the molecule is CCCCOCCOCCOCCOCCC(=O)CCCCOc1cc(OCCCCC(=O)CCOCCOCCOCCOCCCC)cc(C(=O)NCCCCCC(=O)O)c1. The van der Waals surface area contributed by atoms with Gasteiger partial charge in [0.2, 0.25) is 0 Å². The summed E-state index contributed by atoms with van der Waals surface area (Å²) in [6.45, 7) is 13.6. The molecular formula is C47H81NO15. The largest absolute Gasteiger partial charge is 0.493 e. The molecule has 1 amide bonds. The molecule has 1 aromatic carbocycles. The van der Waals surface area contributed by atoms with E-state index in [0.717, 1.165) is 38.9 Å². The van der Waals surface area contributed by atoms with Gasteiger partial charge in [-0.25, -0.2) is 0 Å². The van der Waals surface area contributed by atoms with Gasteiger partial charge >= 0.3 is 5.97 Å². The van der Waals surface area contributed by atoms with Crippen LogP contribution in [0.5, 0.6) is 11.5 Å². The first-order valence-electron chi connectivity index (χ1n) is 23.4. The zero-order valence-corrected chi connectivity index (χ0v) is 38.6.